The summed E-state index contributed by atoms with van der Waals surface area (Å²) >= 11 is 12.5. The standard InChI is InChI=1S/C23H22Cl2N4O2/c24-17-6-9-21(19(25)10-17)29-22(14-4-7-18(30)8-5-14)11-20(26-29)23(31)27-28-12-15-2-1-3-16(15)13-28/h1-2,4-10,15-16,22,30H,3,11-13H2,(H,27,31). The topological polar surface area (TPSA) is 68.2 Å². The molecule has 3 unspecified atom stereocenters. The molecule has 2 aromatic rings. The number of carbonyl (C=O) groups excluding carboxylic acids is 1. The van der Waals surface area contributed by atoms with Crippen molar-refractivity contribution in [3.63, 3.8) is 0 Å². The summed E-state index contributed by atoms with van der Waals surface area (Å²) in [5, 5.41) is 19.1. The number of rotatable bonds is 4. The summed E-state index contributed by atoms with van der Waals surface area (Å²) < 4.78 is 0. The molecule has 31 heavy (non-hydrogen) atoms. The van der Waals surface area contributed by atoms with Gasteiger partial charge in [0.15, 0.2) is 0 Å². The van der Waals surface area contributed by atoms with Crippen molar-refractivity contribution in [2.24, 2.45) is 16.9 Å². The monoisotopic (exact) mass is 456 g/mol. The van der Waals surface area contributed by atoms with E-state index >= 15 is 0 Å². The first-order valence-electron chi connectivity index (χ1n) is 10.3. The van der Waals surface area contributed by atoms with Crippen LogP contribution >= 0.6 is 23.2 Å². The van der Waals surface area contributed by atoms with Gasteiger partial charge in [-0.2, -0.15) is 5.10 Å². The second-order valence-electron chi connectivity index (χ2n) is 8.23. The number of amides is 1. The Kier molecular flexibility index (Phi) is 5.38. The van der Waals surface area contributed by atoms with E-state index in [2.05, 4.69) is 22.7 Å². The number of carbonyl (C=O) groups is 1. The number of nitrogens with one attached hydrogen (secondary N) is 1. The normalized spacial score (nSPS) is 25.0. The zero-order valence-electron chi connectivity index (χ0n) is 16.7. The Morgan fingerprint density at radius 2 is 1.94 bits per heavy atom. The molecule has 3 atom stereocenters. The minimum atomic E-state index is -0.221. The van der Waals surface area contributed by atoms with Gasteiger partial charge in [0, 0.05) is 24.5 Å². The Hall–Kier alpha value is -2.54. The van der Waals surface area contributed by atoms with Crippen LogP contribution in [0.1, 0.15) is 24.4 Å². The number of aromatic hydroxyl groups is 1. The van der Waals surface area contributed by atoms with E-state index in [1.807, 2.05) is 17.1 Å². The number of halogens is 2. The molecule has 8 heteroatoms. The van der Waals surface area contributed by atoms with Crippen LogP contribution in [0.3, 0.4) is 0 Å². The van der Waals surface area contributed by atoms with Gasteiger partial charge in [-0.1, -0.05) is 47.5 Å². The van der Waals surface area contributed by atoms with Crippen LogP contribution in [0.2, 0.25) is 10.0 Å². The molecule has 2 aromatic carbocycles. The van der Waals surface area contributed by atoms with E-state index in [0.29, 0.717) is 39.7 Å². The molecule has 1 saturated heterocycles. The number of fused-ring (bicyclic) bond motifs is 1. The highest BCUT2D eigenvalue weighted by Crippen LogP contribution is 2.40. The third kappa shape index (κ3) is 4.03. The van der Waals surface area contributed by atoms with Crippen molar-refractivity contribution in [2.75, 3.05) is 18.1 Å². The van der Waals surface area contributed by atoms with E-state index < -0.39 is 0 Å². The van der Waals surface area contributed by atoms with Crippen LogP contribution in [0.15, 0.2) is 59.7 Å². The average molecular weight is 457 g/mol. The molecule has 1 amide bonds. The van der Waals surface area contributed by atoms with Crippen molar-refractivity contribution in [1.29, 1.82) is 0 Å². The highest BCUT2D eigenvalue weighted by molar-refractivity contribution is 6.40. The quantitative estimate of drug-likeness (QED) is 0.662. The largest absolute Gasteiger partial charge is 0.508 e. The number of anilines is 1. The maximum absolute atomic E-state index is 13.0. The number of hydrazine groups is 1. The van der Waals surface area contributed by atoms with Crippen molar-refractivity contribution in [2.45, 2.75) is 18.9 Å². The molecule has 0 bridgehead atoms. The van der Waals surface area contributed by atoms with E-state index in [1.165, 1.54) is 0 Å². The molecule has 6 nitrogen and oxygen atoms in total. The van der Waals surface area contributed by atoms with Gasteiger partial charge in [0.05, 0.1) is 16.8 Å². The smallest absolute Gasteiger partial charge is 0.281 e. The average Bonchev–Trinajstić information content (AvgIpc) is 3.43. The lowest BCUT2D eigenvalue weighted by molar-refractivity contribution is -0.119. The zero-order chi connectivity index (χ0) is 21.5. The lowest BCUT2D eigenvalue weighted by atomic mass is 10.0. The molecule has 0 radical (unpaired) electrons. The van der Waals surface area contributed by atoms with E-state index in [9.17, 15) is 9.90 Å². The van der Waals surface area contributed by atoms with E-state index in [1.54, 1.807) is 35.3 Å². The number of hydrogen-bond acceptors (Lipinski definition) is 5. The third-order valence-corrected chi connectivity index (χ3v) is 6.72. The van der Waals surface area contributed by atoms with Crippen LogP contribution in [0.4, 0.5) is 5.69 Å². The second kappa shape index (κ2) is 8.19. The zero-order valence-corrected chi connectivity index (χ0v) is 18.2. The van der Waals surface area contributed by atoms with Crippen molar-refractivity contribution in [3.8, 4) is 5.75 Å². The van der Waals surface area contributed by atoms with Crippen molar-refractivity contribution in [3.05, 3.63) is 70.2 Å². The summed E-state index contributed by atoms with van der Waals surface area (Å²) in [6.07, 6.45) is 5.97. The number of nitrogens with zero attached hydrogens (tertiary/aromatic N) is 3. The van der Waals surface area contributed by atoms with Crippen LogP contribution in [-0.4, -0.2) is 34.8 Å². The molecule has 0 saturated carbocycles. The molecular formula is C23H22Cl2N4O2. The number of phenols is 1. The Balaban J connectivity index is 1.40. The summed E-state index contributed by atoms with van der Waals surface area (Å²) in [4.78, 5) is 13.0. The van der Waals surface area contributed by atoms with Gasteiger partial charge < -0.3 is 5.11 Å². The molecule has 1 aliphatic carbocycles. The van der Waals surface area contributed by atoms with Crippen molar-refractivity contribution >= 4 is 40.5 Å². The minimum Gasteiger partial charge on any atom is -0.508 e. The summed E-state index contributed by atoms with van der Waals surface area (Å²) in [6, 6.07) is 11.9. The SMILES string of the molecule is O=C(NN1CC2C=CCC2C1)C1=NN(c2ccc(Cl)cc2Cl)C(c2ccc(O)cc2)C1. The maximum Gasteiger partial charge on any atom is 0.281 e. The first-order chi connectivity index (χ1) is 15.0. The first kappa shape index (κ1) is 20.4. The Morgan fingerprint density at radius 3 is 2.68 bits per heavy atom. The second-order valence-corrected chi connectivity index (χ2v) is 9.08. The van der Waals surface area contributed by atoms with Crippen LogP contribution in [-0.2, 0) is 4.79 Å². The number of hydrogen-bond donors (Lipinski definition) is 2. The van der Waals surface area contributed by atoms with Gasteiger partial charge in [-0.15, -0.1) is 0 Å². The number of phenolic OH excluding ortho intramolecular Hbond substituents is 1. The van der Waals surface area contributed by atoms with Gasteiger partial charge in [-0.3, -0.25) is 15.2 Å². The van der Waals surface area contributed by atoms with Crippen molar-refractivity contribution < 1.29 is 9.90 Å². The molecule has 2 heterocycles. The molecule has 1 fully saturated rings. The van der Waals surface area contributed by atoms with Crippen molar-refractivity contribution in [1.82, 2.24) is 10.4 Å². The van der Waals surface area contributed by atoms with E-state index in [4.69, 9.17) is 23.2 Å². The number of allylic oxidation sites excluding steroid dienone is 1. The lowest BCUT2D eigenvalue weighted by Crippen LogP contribution is -2.44. The van der Waals surface area contributed by atoms with Crippen LogP contribution in [0.25, 0.3) is 0 Å². The summed E-state index contributed by atoms with van der Waals surface area (Å²) in [5.41, 5.74) is 5.08. The molecule has 2 N–H and O–H groups in total. The summed E-state index contributed by atoms with van der Waals surface area (Å²) in [5.74, 6) is 1.09. The Bertz CT molecular complexity index is 1070. The maximum atomic E-state index is 13.0. The predicted molar refractivity (Wildman–Crippen MR) is 122 cm³/mol. The minimum absolute atomic E-state index is 0.185. The fourth-order valence-electron chi connectivity index (χ4n) is 4.58. The van der Waals surface area contributed by atoms with Gasteiger partial charge in [-0.05, 0) is 54.2 Å². The third-order valence-electron chi connectivity index (χ3n) is 6.18. The molecule has 0 aromatic heterocycles. The molecule has 0 spiro atoms. The first-order valence-corrected chi connectivity index (χ1v) is 11.1. The van der Waals surface area contributed by atoms with E-state index in [0.717, 1.165) is 25.1 Å². The van der Waals surface area contributed by atoms with Gasteiger partial charge in [0.2, 0.25) is 0 Å². The molecule has 5 rings (SSSR count). The molecule has 2 aliphatic heterocycles. The summed E-state index contributed by atoms with van der Waals surface area (Å²) in [6.45, 7) is 1.68. The Labute approximate surface area is 190 Å². The lowest BCUT2D eigenvalue weighted by Gasteiger charge is -2.25. The van der Waals surface area contributed by atoms with Crippen LogP contribution in [0.5, 0.6) is 5.75 Å². The van der Waals surface area contributed by atoms with E-state index in [-0.39, 0.29) is 17.7 Å². The van der Waals surface area contributed by atoms with Crippen LogP contribution < -0.4 is 10.4 Å². The Morgan fingerprint density at radius 1 is 1.13 bits per heavy atom. The fourth-order valence-corrected chi connectivity index (χ4v) is 5.08. The van der Waals surface area contributed by atoms with Crippen LogP contribution in [0, 0.1) is 11.8 Å². The molecular weight excluding hydrogens is 435 g/mol. The molecule has 3 aliphatic rings. The predicted octanol–water partition coefficient (Wildman–Crippen LogP) is 4.55. The van der Waals surface area contributed by atoms with Gasteiger partial charge in [0.1, 0.15) is 11.5 Å². The van der Waals surface area contributed by atoms with Gasteiger partial charge in [-0.25, -0.2) is 5.01 Å². The fraction of sp³-hybridized carbons (Fsp3) is 0.304. The highest BCUT2D eigenvalue weighted by Gasteiger charge is 2.37. The summed E-state index contributed by atoms with van der Waals surface area (Å²) in [7, 11) is 0. The number of benzene rings is 2. The van der Waals surface area contributed by atoms with Gasteiger partial charge in [0.25, 0.3) is 5.91 Å². The molecule has 160 valence electrons. The number of hydrazone groups is 1. The highest BCUT2D eigenvalue weighted by atomic mass is 35.5. The van der Waals surface area contributed by atoms with Gasteiger partial charge >= 0.3 is 0 Å².